The van der Waals surface area contributed by atoms with Gasteiger partial charge in [-0.2, -0.15) is 0 Å². The van der Waals surface area contributed by atoms with Crippen molar-refractivity contribution in [3.8, 4) is 33.4 Å². The number of hydrogen-bond donors (Lipinski definition) is 0. The van der Waals surface area contributed by atoms with E-state index in [4.69, 9.17) is 0 Å². The molecule has 0 unspecified atom stereocenters. The minimum absolute atomic E-state index is 0.412. The SMILES string of the molecule is c1ccc(-c2ccccc2N(c2ccccc2)c2ccc3cc4c(cc3c2)C2(c3ccccc3-c3ccccc32)c2ccc3ccccc3c2-4)cc1. The number of hydrogen-bond acceptors (Lipinski definition) is 1. The first-order chi connectivity index (χ1) is 25.8. The highest BCUT2D eigenvalue weighted by Gasteiger charge is 2.52. The van der Waals surface area contributed by atoms with Crippen LogP contribution in [-0.4, -0.2) is 0 Å². The molecule has 52 heavy (non-hydrogen) atoms. The molecule has 0 saturated heterocycles. The Balaban J connectivity index is 1.20. The van der Waals surface area contributed by atoms with Gasteiger partial charge in [-0.3, -0.25) is 0 Å². The summed E-state index contributed by atoms with van der Waals surface area (Å²) in [5.74, 6) is 0. The molecule has 1 nitrogen and oxygen atoms in total. The van der Waals surface area contributed by atoms with Gasteiger partial charge in [0.1, 0.15) is 0 Å². The number of rotatable bonds is 4. The summed E-state index contributed by atoms with van der Waals surface area (Å²) in [5, 5.41) is 5.05. The number of nitrogens with zero attached hydrogens (tertiary/aromatic N) is 1. The van der Waals surface area contributed by atoms with Gasteiger partial charge in [-0.1, -0.05) is 158 Å². The molecule has 0 bridgehead atoms. The van der Waals surface area contributed by atoms with Gasteiger partial charge in [0.05, 0.1) is 11.1 Å². The summed E-state index contributed by atoms with van der Waals surface area (Å²) in [6, 6.07) is 73.9. The van der Waals surface area contributed by atoms with Crippen LogP contribution in [-0.2, 0) is 5.41 Å². The molecule has 0 aliphatic heterocycles. The Morgan fingerprint density at radius 3 is 1.71 bits per heavy atom. The van der Waals surface area contributed by atoms with Crippen molar-refractivity contribution in [2.45, 2.75) is 5.41 Å². The van der Waals surface area contributed by atoms with Gasteiger partial charge in [0.2, 0.25) is 0 Å². The van der Waals surface area contributed by atoms with E-state index in [0.29, 0.717) is 0 Å². The monoisotopic (exact) mass is 659 g/mol. The highest BCUT2D eigenvalue weighted by molar-refractivity contribution is 6.09. The molecule has 0 fully saturated rings. The molecular weight excluding hydrogens is 627 g/mol. The van der Waals surface area contributed by atoms with Gasteiger partial charge >= 0.3 is 0 Å². The third-order valence-electron chi connectivity index (χ3n) is 11.4. The van der Waals surface area contributed by atoms with Gasteiger partial charge in [-0.25, -0.2) is 0 Å². The Labute approximate surface area is 303 Å². The summed E-state index contributed by atoms with van der Waals surface area (Å²) in [6.45, 7) is 0. The Morgan fingerprint density at radius 2 is 0.942 bits per heavy atom. The van der Waals surface area contributed by atoms with Crippen LogP contribution in [0.25, 0.3) is 54.9 Å². The minimum Gasteiger partial charge on any atom is -0.310 e. The zero-order valence-corrected chi connectivity index (χ0v) is 28.5. The first kappa shape index (κ1) is 29.1. The highest BCUT2D eigenvalue weighted by Crippen LogP contribution is 2.64. The number of fused-ring (bicyclic) bond motifs is 13. The lowest BCUT2D eigenvalue weighted by Gasteiger charge is -2.31. The summed E-state index contributed by atoms with van der Waals surface area (Å²) < 4.78 is 0. The van der Waals surface area contributed by atoms with Crippen molar-refractivity contribution in [2.24, 2.45) is 0 Å². The lowest BCUT2D eigenvalue weighted by atomic mass is 9.70. The van der Waals surface area contributed by atoms with Gasteiger partial charge in [0.15, 0.2) is 0 Å². The molecule has 1 spiro atoms. The first-order valence-corrected chi connectivity index (χ1v) is 18.1. The van der Waals surface area contributed by atoms with E-state index in [2.05, 4.69) is 205 Å². The molecule has 11 rings (SSSR count). The van der Waals surface area contributed by atoms with Gasteiger partial charge in [-0.15, -0.1) is 0 Å². The van der Waals surface area contributed by atoms with E-state index in [1.165, 1.54) is 77.2 Å². The first-order valence-electron chi connectivity index (χ1n) is 18.1. The van der Waals surface area contributed by atoms with Crippen molar-refractivity contribution >= 4 is 38.6 Å². The molecule has 0 aromatic heterocycles. The van der Waals surface area contributed by atoms with Crippen LogP contribution in [0, 0.1) is 0 Å². The van der Waals surface area contributed by atoms with E-state index in [1.807, 2.05) is 0 Å². The third-order valence-corrected chi connectivity index (χ3v) is 11.4. The lowest BCUT2D eigenvalue weighted by Crippen LogP contribution is -2.25. The molecule has 1 heteroatoms. The Morgan fingerprint density at radius 1 is 0.327 bits per heavy atom. The van der Waals surface area contributed by atoms with Gasteiger partial charge < -0.3 is 4.90 Å². The molecule has 9 aromatic carbocycles. The summed E-state index contributed by atoms with van der Waals surface area (Å²) in [6.07, 6.45) is 0. The molecule has 0 amide bonds. The molecule has 0 radical (unpaired) electrons. The summed E-state index contributed by atoms with van der Waals surface area (Å²) >= 11 is 0. The van der Waals surface area contributed by atoms with E-state index in [-0.39, 0.29) is 0 Å². The van der Waals surface area contributed by atoms with Crippen molar-refractivity contribution in [1.29, 1.82) is 0 Å². The molecule has 9 aromatic rings. The zero-order valence-electron chi connectivity index (χ0n) is 28.5. The van der Waals surface area contributed by atoms with E-state index < -0.39 is 5.41 Å². The van der Waals surface area contributed by atoms with E-state index in [9.17, 15) is 0 Å². The van der Waals surface area contributed by atoms with Crippen molar-refractivity contribution in [1.82, 2.24) is 0 Å². The average Bonchev–Trinajstić information content (AvgIpc) is 3.68. The summed E-state index contributed by atoms with van der Waals surface area (Å²) in [4.78, 5) is 2.41. The smallest absolute Gasteiger partial charge is 0.0725 e. The van der Waals surface area contributed by atoms with Crippen molar-refractivity contribution in [2.75, 3.05) is 4.90 Å². The van der Waals surface area contributed by atoms with Crippen LogP contribution < -0.4 is 4.90 Å². The largest absolute Gasteiger partial charge is 0.310 e. The van der Waals surface area contributed by atoms with Crippen molar-refractivity contribution in [3.05, 3.63) is 222 Å². The second-order valence-corrected chi connectivity index (χ2v) is 14.0. The molecule has 0 N–H and O–H groups in total. The maximum Gasteiger partial charge on any atom is 0.0725 e. The summed E-state index contributed by atoms with van der Waals surface area (Å²) in [7, 11) is 0. The number of para-hydroxylation sites is 2. The van der Waals surface area contributed by atoms with Gasteiger partial charge in [0, 0.05) is 16.9 Å². The standard InChI is InChI=1S/C51H33N/c1-3-15-34(16-4-1)40-20-11-14-26-49(40)52(38-18-5-2-6-19-38)39-29-27-36-32-44-48(33-37(36)31-39)51(47-30-28-35-17-7-8-21-41(35)50(44)47)45-24-12-9-22-42(45)43-23-10-13-25-46(43)51/h1-33H. The Kier molecular flexibility index (Phi) is 6.23. The predicted molar refractivity (Wildman–Crippen MR) is 218 cm³/mol. The second-order valence-electron chi connectivity index (χ2n) is 14.0. The molecule has 0 atom stereocenters. The van der Waals surface area contributed by atoms with Crippen molar-refractivity contribution in [3.63, 3.8) is 0 Å². The average molecular weight is 660 g/mol. The predicted octanol–water partition coefficient (Wildman–Crippen LogP) is 13.5. The fourth-order valence-electron chi connectivity index (χ4n) is 9.31. The van der Waals surface area contributed by atoms with E-state index >= 15 is 0 Å². The summed E-state index contributed by atoms with van der Waals surface area (Å²) in [5.41, 5.74) is 16.2. The van der Waals surface area contributed by atoms with Crippen LogP contribution >= 0.6 is 0 Å². The Hall–Kier alpha value is -6.70. The molecule has 0 saturated carbocycles. The molecule has 242 valence electrons. The van der Waals surface area contributed by atoms with Crippen LogP contribution in [0.1, 0.15) is 22.3 Å². The molecule has 0 heterocycles. The van der Waals surface area contributed by atoms with Crippen LogP contribution in [0.3, 0.4) is 0 Å². The van der Waals surface area contributed by atoms with Gasteiger partial charge in [-0.05, 0) is 114 Å². The maximum atomic E-state index is 2.51. The zero-order chi connectivity index (χ0) is 34.2. The molecule has 2 aliphatic rings. The fraction of sp³-hybridized carbons (Fsp3) is 0.0196. The normalized spacial score (nSPS) is 13.2. The molecular formula is C51H33N. The quantitative estimate of drug-likeness (QED) is 0.182. The number of anilines is 3. The number of benzene rings is 9. The second kappa shape index (κ2) is 11.2. The maximum absolute atomic E-state index is 2.51. The van der Waals surface area contributed by atoms with Crippen LogP contribution in [0.5, 0.6) is 0 Å². The highest BCUT2D eigenvalue weighted by atomic mass is 15.1. The molecule has 2 aliphatic carbocycles. The van der Waals surface area contributed by atoms with Crippen molar-refractivity contribution < 1.29 is 0 Å². The Bertz CT molecular complexity index is 2800. The fourth-order valence-corrected chi connectivity index (χ4v) is 9.31. The van der Waals surface area contributed by atoms with Crippen LogP contribution in [0.2, 0.25) is 0 Å². The third kappa shape index (κ3) is 3.99. The van der Waals surface area contributed by atoms with Crippen LogP contribution in [0.4, 0.5) is 17.1 Å². The van der Waals surface area contributed by atoms with E-state index in [0.717, 1.165) is 17.1 Å². The van der Waals surface area contributed by atoms with Gasteiger partial charge in [0.25, 0.3) is 0 Å². The van der Waals surface area contributed by atoms with Crippen LogP contribution in [0.15, 0.2) is 200 Å². The lowest BCUT2D eigenvalue weighted by molar-refractivity contribution is 0.795. The topological polar surface area (TPSA) is 3.24 Å². The minimum atomic E-state index is -0.412. The van der Waals surface area contributed by atoms with E-state index in [1.54, 1.807) is 0 Å².